The molecule has 0 spiro atoms. The Morgan fingerprint density at radius 2 is 1.82 bits per heavy atom. The third-order valence-corrected chi connectivity index (χ3v) is 7.05. The number of ether oxygens (including phenoxy) is 1. The number of hydrogen-bond acceptors (Lipinski definition) is 4. The summed E-state index contributed by atoms with van der Waals surface area (Å²) in [4.78, 5) is 23.9. The Labute approximate surface area is 196 Å². The molecular formula is C27H34N4O2. The number of benzene rings is 2. The van der Waals surface area contributed by atoms with E-state index in [1.807, 2.05) is 11.0 Å². The number of aromatic nitrogens is 1. The summed E-state index contributed by atoms with van der Waals surface area (Å²) in [5.74, 6) is 0.218. The zero-order valence-corrected chi connectivity index (χ0v) is 19.5. The fourth-order valence-corrected chi connectivity index (χ4v) is 5.11. The van der Waals surface area contributed by atoms with Gasteiger partial charge in [0.05, 0.1) is 19.8 Å². The largest absolute Gasteiger partial charge is 0.379 e. The van der Waals surface area contributed by atoms with Crippen LogP contribution < -0.4 is 0 Å². The highest BCUT2D eigenvalue weighted by Crippen LogP contribution is 2.27. The Kier molecular flexibility index (Phi) is 6.76. The molecule has 2 aromatic carbocycles. The van der Waals surface area contributed by atoms with Crippen molar-refractivity contribution in [3.63, 3.8) is 0 Å². The van der Waals surface area contributed by atoms with Crippen molar-refractivity contribution in [1.29, 1.82) is 0 Å². The maximum Gasteiger partial charge on any atom is 0.237 e. The molecule has 5 rings (SSSR count). The first-order chi connectivity index (χ1) is 16.2. The minimum absolute atomic E-state index is 0.218. The molecule has 3 aromatic rings. The van der Waals surface area contributed by atoms with Gasteiger partial charge >= 0.3 is 0 Å². The molecule has 1 saturated heterocycles. The summed E-state index contributed by atoms with van der Waals surface area (Å²) < 4.78 is 5.52. The molecular weight excluding hydrogens is 412 g/mol. The molecule has 1 aromatic heterocycles. The molecule has 2 aliphatic rings. The van der Waals surface area contributed by atoms with Gasteiger partial charge in [0.25, 0.3) is 0 Å². The zero-order chi connectivity index (χ0) is 22.6. The second kappa shape index (κ2) is 10.1. The maximum atomic E-state index is 13.5. The Bertz CT molecular complexity index is 1070. The van der Waals surface area contributed by atoms with Gasteiger partial charge in [-0.25, -0.2) is 0 Å². The molecule has 3 heterocycles. The second-order valence-corrected chi connectivity index (χ2v) is 9.35. The SMILES string of the molecule is CC(CN1CCOCC1)N(CC(=O)N1CCc2[nH]c3ccccc3c2C1)Cc1ccccc1. The summed E-state index contributed by atoms with van der Waals surface area (Å²) in [6.45, 7) is 9.42. The molecule has 1 unspecified atom stereocenters. The van der Waals surface area contributed by atoms with Crippen molar-refractivity contribution in [1.82, 2.24) is 19.7 Å². The third kappa shape index (κ3) is 5.13. The minimum atomic E-state index is 0.218. The number of fused-ring (bicyclic) bond motifs is 3. The lowest BCUT2D eigenvalue weighted by atomic mass is 10.0. The predicted molar refractivity (Wildman–Crippen MR) is 131 cm³/mol. The maximum absolute atomic E-state index is 13.5. The van der Waals surface area contributed by atoms with E-state index in [0.29, 0.717) is 13.1 Å². The number of hydrogen-bond donors (Lipinski definition) is 1. The molecule has 33 heavy (non-hydrogen) atoms. The molecule has 174 valence electrons. The number of nitrogens with zero attached hydrogens (tertiary/aromatic N) is 3. The number of carbonyl (C=O) groups excluding carboxylic acids is 1. The van der Waals surface area contributed by atoms with Crippen LogP contribution in [-0.2, 0) is 29.0 Å². The highest BCUT2D eigenvalue weighted by molar-refractivity contribution is 5.86. The summed E-state index contributed by atoms with van der Waals surface area (Å²) in [6.07, 6.45) is 0.887. The van der Waals surface area contributed by atoms with E-state index >= 15 is 0 Å². The fraction of sp³-hybridized carbons (Fsp3) is 0.444. The van der Waals surface area contributed by atoms with Crippen molar-refractivity contribution in [2.45, 2.75) is 32.5 Å². The van der Waals surface area contributed by atoms with Crippen LogP contribution in [0.25, 0.3) is 10.9 Å². The predicted octanol–water partition coefficient (Wildman–Crippen LogP) is 3.28. The molecule has 6 heteroatoms. The molecule has 1 atom stereocenters. The van der Waals surface area contributed by atoms with Crippen LogP contribution in [-0.4, -0.2) is 77.6 Å². The number of rotatable bonds is 7. The number of aromatic amines is 1. The van der Waals surface area contributed by atoms with Crippen molar-refractivity contribution in [3.8, 4) is 0 Å². The van der Waals surface area contributed by atoms with E-state index in [-0.39, 0.29) is 11.9 Å². The lowest BCUT2D eigenvalue weighted by Crippen LogP contribution is -2.49. The number of carbonyl (C=O) groups is 1. The smallest absolute Gasteiger partial charge is 0.237 e. The summed E-state index contributed by atoms with van der Waals surface area (Å²) in [5.41, 5.74) is 4.97. The van der Waals surface area contributed by atoms with E-state index in [1.54, 1.807) is 0 Å². The van der Waals surface area contributed by atoms with Gasteiger partial charge in [0.1, 0.15) is 0 Å². The molecule has 2 aliphatic heterocycles. The van der Waals surface area contributed by atoms with Crippen molar-refractivity contribution in [2.75, 3.05) is 45.9 Å². The van der Waals surface area contributed by atoms with Crippen LogP contribution in [0.2, 0.25) is 0 Å². The van der Waals surface area contributed by atoms with Gasteiger partial charge in [-0.3, -0.25) is 14.6 Å². The molecule has 6 nitrogen and oxygen atoms in total. The van der Waals surface area contributed by atoms with Gasteiger partial charge < -0.3 is 14.6 Å². The molecule has 0 aliphatic carbocycles. The first-order valence-electron chi connectivity index (χ1n) is 12.1. The number of nitrogens with one attached hydrogen (secondary N) is 1. The summed E-state index contributed by atoms with van der Waals surface area (Å²) in [5, 5.41) is 1.24. The van der Waals surface area contributed by atoms with E-state index in [1.165, 1.54) is 27.7 Å². The monoisotopic (exact) mass is 446 g/mol. The normalized spacial score (nSPS) is 17.9. The fourth-order valence-electron chi connectivity index (χ4n) is 5.11. The van der Waals surface area contributed by atoms with Gasteiger partial charge in [0, 0.05) is 73.9 Å². The van der Waals surface area contributed by atoms with Gasteiger partial charge in [-0.05, 0) is 18.6 Å². The van der Waals surface area contributed by atoms with Crippen molar-refractivity contribution in [2.24, 2.45) is 0 Å². The highest BCUT2D eigenvalue weighted by atomic mass is 16.5. The zero-order valence-electron chi connectivity index (χ0n) is 19.5. The molecule has 1 amide bonds. The van der Waals surface area contributed by atoms with Crippen LogP contribution in [0, 0.1) is 0 Å². The van der Waals surface area contributed by atoms with E-state index in [0.717, 1.165) is 52.4 Å². The average molecular weight is 447 g/mol. The molecule has 0 bridgehead atoms. The first kappa shape index (κ1) is 22.1. The van der Waals surface area contributed by atoms with Gasteiger partial charge in [-0.1, -0.05) is 48.5 Å². The van der Waals surface area contributed by atoms with Crippen LogP contribution >= 0.6 is 0 Å². The van der Waals surface area contributed by atoms with Crippen LogP contribution in [0.4, 0.5) is 0 Å². The second-order valence-electron chi connectivity index (χ2n) is 9.35. The topological polar surface area (TPSA) is 51.8 Å². The quantitative estimate of drug-likeness (QED) is 0.605. The summed E-state index contributed by atoms with van der Waals surface area (Å²) >= 11 is 0. The molecule has 1 N–H and O–H groups in total. The minimum Gasteiger partial charge on any atom is -0.379 e. The molecule has 1 fully saturated rings. The van der Waals surface area contributed by atoms with Crippen LogP contribution in [0.15, 0.2) is 54.6 Å². The van der Waals surface area contributed by atoms with Crippen LogP contribution in [0.1, 0.15) is 23.7 Å². The van der Waals surface area contributed by atoms with E-state index in [4.69, 9.17) is 4.74 Å². The third-order valence-electron chi connectivity index (χ3n) is 7.05. The standard InChI is InChI=1S/C27H34N4O2/c1-21(17-29-13-15-33-16-14-29)31(18-22-7-3-2-4-8-22)20-27(32)30-12-11-26-24(19-30)23-9-5-6-10-25(23)28-26/h2-10,21,28H,11-20H2,1H3. The Morgan fingerprint density at radius 1 is 1.06 bits per heavy atom. The van der Waals surface area contributed by atoms with Gasteiger partial charge in [0.15, 0.2) is 0 Å². The van der Waals surface area contributed by atoms with Gasteiger partial charge in [-0.2, -0.15) is 0 Å². The highest BCUT2D eigenvalue weighted by Gasteiger charge is 2.27. The first-order valence-corrected chi connectivity index (χ1v) is 12.1. The molecule has 0 radical (unpaired) electrons. The Balaban J connectivity index is 1.29. The average Bonchev–Trinajstić information content (AvgIpc) is 3.23. The van der Waals surface area contributed by atoms with Crippen molar-refractivity contribution >= 4 is 16.8 Å². The number of amides is 1. The van der Waals surface area contributed by atoms with Crippen molar-refractivity contribution < 1.29 is 9.53 Å². The summed E-state index contributed by atoms with van der Waals surface area (Å²) in [6, 6.07) is 19.2. The van der Waals surface area contributed by atoms with E-state index in [2.05, 4.69) is 70.2 Å². The Hall–Kier alpha value is -2.67. The van der Waals surface area contributed by atoms with E-state index in [9.17, 15) is 4.79 Å². The van der Waals surface area contributed by atoms with E-state index < -0.39 is 0 Å². The van der Waals surface area contributed by atoms with Crippen LogP contribution in [0.5, 0.6) is 0 Å². The summed E-state index contributed by atoms with van der Waals surface area (Å²) in [7, 11) is 0. The number of morpholine rings is 1. The number of para-hydroxylation sites is 1. The molecule has 0 saturated carbocycles. The number of H-pyrrole nitrogens is 1. The van der Waals surface area contributed by atoms with Crippen molar-refractivity contribution in [3.05, 3.63) is 71.4 Å². The van der Waals surface area contributed by atoms with Gasteiger partial charge in [-0.15, -0.1) is 0 Å². The Morgan fingerprint density at radius 3 is 2.64 bits per heavy atom. The lowest BCUT2D eigenvalue weighted by molar-refractivity contribution is -0.134. The lowest BCUT2D eigenvalue weighted by Gasteiger charge is -2.36. The van der Waals surface area contributed by atoms with Gasteiger partial charge in [0.2, 0.25) is 5.91 Å². The van der Waals surface area contributed by atoms with Crippen LogP contribution in [0.3, 0.4) is 0 Å².